The van der Waals surface area contributed by atoms with Crippen LogP contribution in [-0.2, 0) is 9.47 Å². The van der Waals surface area contributed by atoms with Gasteiger partial charge in [-0.25, -0.2) is 0 Å². The number of hydrogen-bond acceptors (Lipinski definition) is 3. The van der Waals surface area contributed by atoms with Crippen molar-refractivity contribution in [3.05, 3.63) is 0 Å². The normalized spacial score (nSPS) is 30.5. The van der Waals surface area contributed by atoms with Crippen molar-refractivity contribution < 1.29 is 14.6 Å². The van der Waals surface area contributed by atoms with E-state index in [1.807, 2.05) is 13.8 Å². The van der Waals surface area contributed by atoms with Gasteiger partial charge < -0.3 is 14.6 Å². The SMILES string of the molecule is CC(CCO)[C@H]1COC(C)(C)O1. The molecule has 1 N–H and O–H groups in total. The lowest BCUT2D eigenvalue weighted by molar-refractivity contribution is -0.144. The van der Waals surface area contributed by atoms with E-state index in [-0.39, 0.29) is 12.7 Å². The highest BCUT2D eigenvalue weighted by Gasteiger charge is 2.35. The van der Waals surface area contributed by atoms with Crippen LogP contribution >= 0.6 is 0 Å². The third-order valence-corrected chi connectivity index (χ3v) is 2.25. The van der Waals surface area contributed by atoms with Gasteiger partial charge in [0.25, 0.3) is 0 Å². The zero-order valence-corrected chi connectivity index (χ0v) is 8.04. The van der Waals surface area contributed by atoms with Gasteiger partial charge in [-0.3, -0.25) is 0 Å². The third kappa shape index (κ3) is 2.44. The molecule has 0 radical (unpaired) electrons. The van der Waals surface area contributed by atoms with Crippen LogP contribution in [0.2, 0.25) is 0 Å². The molecule has 3 heteroatoms. The van der Waals surface area contributed by atoms with Crippen molar-refractivity contribution in [3.8, 4) is 0 Å². The van der Waals surface area contributed by atoms with Crippen LogP contribution in [0.3, 0.4) is 0 Å². The minimum absolute atomic E-state index is 0.146. The fraction of sp³-hybridized carbons (Fsp3) is 1.00. The first-order valence-electron chi connectivity index (χ1n) is 4.48. The predicted octanol–water partition coefficient (Wildman–Crippen LogP) is 1.16. The Kier molecular flexibility index (Phi) is 3.09. The van der Waals surface area contributed by atoms with E-state index in [0.717, 1.165) is 6.42 Å². The van der Waals surface area contributed by atoms with Crippen LogP contribution in [0, 0.1) is 5.92 Å². The van der Waals surface area contributed by atoms with Crippen molar-refractivity contribution in [1.82, 2.24) is 0 Å². The van der Waals surface area contributed by atoms with E-state index in [4.69, 9.17) is 14.6 Å². The van der Waals surface area contributed by atoms with Gasteiger partial charge in [-0.1, -0.05) is 6.92 Å². The Morgan fingerprint density at radius 2 is 2.25 bits per heavy atom. The summed E-state index contributed by atoms with van der Waals surface area (Å²) in [6, 6.07) is 0. The molecule has 0 aliphatic carbocycles. The third-order valence-electron chi connectivity index (χ3n) is 2.25. The summed E-state index contributed by atoms with van der Waals surface area (Å²) in [7, 11) is 0. The van der Waals surface area contributed by atoms with E-state index >= 15 is 0 Å². The van der Waals surface area contributed by atoms with Crippen LogP contribution in [-0.4, -0.2) is 30.2 Å². The van der Waals surface area contributed by atoms with Gasteiger partial charge in [-0.05, 0) is 26.2 Å². The molecule has 0 spiro atoms. The molecule has 1 fully saturated rings. The zero-order chi connectivity index (χ0) is 9.19. The largest absolute Gasteiger partial charge is 0.396 e. The number of rotatable bonds is 3. The van der Waals surface area contributed by atoms with Gasteiger partial charge in [0.1, 0.15) is 0 Å². The highest BCUT2D eigenvalue weighted by atomic mass is 16.7. The molecule has 1 saturated heterocycles. The second-order valence-corrected chi connectivity index (χ2v) is 3.86. The predicted molar refractivity (Wildman–Crippen MR) is 45.8 cm³/mol. The second kappa shape index (κ2) is 3.73. The van der Waals surface area contributed by atoms with Crippen LogP contribution in [0.15, 0.2) is 0 Å². The van der Waals surface area contributed by atoms with Crippen LogP contribution in [0.25, 0.3) is 0 Å². The van der Waals surface area contributed by atoms with Crippen LogP contribution in [0.4, 0.5) is 0 Å². The molecule has 2 atom stereocenters. The first kappa shape index (κ1) is 9.96. The summed E-state index contributed by atoms with van der Waals surface area (Å²) in [4.78, 5) is 0. The van der Waals surface area contributed by atoms with Crippen molar-refractivity contribution in [2.45, 2.75) is 39.1 Å². The summed E-state index contributed by atoms with van der Waals surface area (Å²) >= 11 is 0. The van der Waals surface area contributed by atoms with Gasteiger partial charge in [0, 0.05) is 6.61 Å². The zero-order valence-electron chi connectivity index (χ0n) is 8.04. The van der Waals surface area contributed by atoms with E-state index < -0.39 is 5.79 Å². The number of hydrogen-bond donors (Lipinski definition) is 1. The van der Waals surface area contributed by atoms with Gasteiger partial charge in [0.05, 0.1) is 12.7 Å². The minimum Gasteiger partial charge on any atom is -0.396 e. The summed E-state index contributed by atoms with van der Waals surface area (Å²) in [5.41, 5.74) is 0. The lowest BCUT2D eigenvalue weighted by atomic mass is 10.0. The van der Waals surface area contributed by atoms with Crippen molar-refractivity contribution in [2.75, 3.05) is 13.2 Å². The van der Waals surface area contributed by atoms with E-state index in [1.54, 1.807) is 0 Å². The molecule has 0 bridgehead atoms. The molecule has 1 aliphatic rings. The average molecular weight is 174 g/mol. The maximum absolute atomic E-state index is 8.73. The average Bonchev–Trinajstić information content (AvgIpc) is 2.31. The van der Waals surface area contributed by atoms with Crippen LogP contribution in [0.5, 0.6) is 0 Å². The molecule has 1 unspecified atom stereocenters. The summed E-state index contributed by atoms with van der Waals surface area (Å²) < 4.78 is 11.0. The van der Waals surface area contributed by atoms with Crippen LogP contribution in [0.1, 0.15) is 27.2 Å². The standard InChI is InChI=1S/C9H18O3/c1-7(4-5-10)8-6-11-9(2,3)12-8/h7-8,10H,4-6H2,1-3H3/t7?,8-/m1/s1. The molecule has 3 nitrogen and oxygen atoms in total. The van der Waals surface area contributed by atoms with Gasteiger partial charge in [0.2, 0.25) is 0 Å². The first-order chi connectivity index (χ1) is 5.55. The molecular formula is C9H18O3. The molecule has 1 rings (SSSR count). The lowest BCUT2D eigenvalue weighted by Gasteiger charge is -2.20. The molecule has 72 valence electrons. The molecule has 12 heavy (non-hydrogen) atoms. The first-order valence-corrected chi connectivity index (χ1v) is 4.48. The summed E-state index contributed by atoms with van der Waals surface area (Å²) in [6.45, 7) is 6.78. The Bertz CT molecular complexity index is 145. The van der Waals surface area contributed by atoms with Crippen molar-refractivity contribution >= 4 is 0 Å². The molecule has 0 aromatic heterocycles. The van der Waals surface area contributed by atoms with Crippen molar-refractivity contribution in [3.63, 3.8) is 0 Å². The molecule has 0 aromatic carbocycles. The Hall–Kier alpha value is -0.120. The van der Waals surface area contributed by atoms with Gasteiger partial charge in [0.15, 0.2) is 5.79 Å². The Morgan fingerprint density at radius 3 is 2.67 bits per heavy atom. The highest BCUT2D eigenvalue weighted by molar-refractivity contribution is 4.75. The monoisotopic (exact) mass is 174 g/mol. The molecule has 0 saturated carbocycles. The summed E-state index contributed by atoms with van der Waals surface area (Å²) in [5.74, 6) is -0.0641. The summed E-state index contributed by atoms with van der Waals surface area (Å²) in [6.07, 6.45) is 0.927. The van der Waals surface area contributed by atoms with E-state index in [9.17, 15) is 0 Å². The topological polar surface area (TPSA) is 38.7 Å². The maximum Gasteiger partial charge on any atom is 0.163 e. The number of aliphatic hydroxyl groups excluding tert-OH is 1. The lowest BCUT2D eigenvalue weighted by Crippen LogP contribution is -2.25. The molecule has 0 amide bonds. The van der Waals surface area contributed by atoms with Gasteiger partial charge >= 0.3 is 0 Å². The number of aliphatic hydroxyl groups is 1. The Labute approximate surface area is 73.7 Å². The second-order valence-electron chi connectivity index (χ2n) is 3.86. The molecular weight excluding hydrogens is 156 g/mol. The van der Waals surface area contributed by atoms with Crippen molar-refractivity contribution in [2.24, 2.45) is 5.92 Å². The summed E-state index contributed by atoms with van der Waals surface area (Å²) in [5, 5.41) is 8.73. The Balaban J connectivity index is 2.36. The van der Waals surface area contributed by atoms with E-state index in [1.165, 1.54) is 0 Å². The van der Waals surface area contributed by atoms with Gasteiger partial charge in [-0.2, -0.15) is 0 Å². The van der Waals surface area contributed by atoms with E-state index in [0.29, 0.717) is 12.5 Å². The van der Waals surface area contributed by atoms with Crippen molar-refractivity contribution in [1.29, 1.82) is 0 Å². The fourth-order valence-corrected chi connectivity index (χ4v) is 1.39. The fourth-order valence-electron chi connectivity index (χ4n) is 1.39. The molecule has 1 heterocycles. The Morgan fingerprint density at radius 1 is 1.58 bits per heavy atom. The molecule has 0 aromatic rings. The van der Waals surface area contributed by atoms with Crippen LogP contribution < -0.4 is 0 Å². The van der Waals surface area contributed by atoms with E-state index in [2.05, 4.69) is 6.92 Å². The quantitative estimate of drug-likeness (QED) is 0.697. The van der Waals surface area contributed by atoms with Gasteiger partial charge in [-0.15, -0.1) is 0 Å². The smallest absolute Gasteiger partial charge is 0.163 e. The minimum atomic E-state index is -0.436. The number of ether oxygens (including phenoxy) is 2. The maximum atomic E-state index is 8.73. The highest BCUT2D eigenvalue weighted by Crippen LogP contribution is 2.27. The molecule has 1 aliphatic heterocycles.